The van der Waals surface area contributed by atoms with Crippen LogP contribution in [0, 0.1) is 10.1 Å². The predicted molar refractivity (Wildman–Crippen MR) is 88.2 cm³/mol. The van der Waals surface area contributed by atoms with E-state index in [1.807, 2.05) is 0 Å². The number of carboxylic acids is 1. The maximum atomic E-state index is 12.8. The van der Waals surface area contributed by atoms with Gasteiger partial charge in [-0.15, -0.1) is 0 Å². The molecule has 1 aliphatic rings. The lowest BCUT2D eigenvalue weighted by Gasteiger charge is -2.35. The first-order chi connectivity index (χ1) is 12.2. The van der Waals surface area contributed by atoms with E-state index in [-0.39, 0.29) is 12.1 Å². The van der Waals surface area contributed by atoms with Gasteiger partial charge in [0.25, 0.3) is 5.69 Å². The zero-order valence-electron chi connectivity index (χ0n) is 14.0. The van der Waals surface area contributed by atoms with Gasteiger partial charge in [0.1, 0.15) is 5.69 Å². The highest BCUT2D eigenvalue weighted by Gasteiger charge is 2.34. The predicted octanol–water partition coefficient (Wildman–Crippen LogP) is 2.99. The van der Waals surface area contributed by atoms with Crippen molar-refractivity contribution in [1.29, 1.82) is 0 Å². The number of hydrogen-bond acceptors (Lipinski definition) is 5. The molecule has 0 spiro atoms. The summed E-state index contributed by atoms with van der Waals surface area (Å²) in [5, 5.41) is 19.8. The summed E-state index contributed by atoms with van der Waals surface area (Å²) >= 11 is 0. The normalized spacial score (nSPS) is 15.9. The van der Waals surface area contributed by atoms with Crippen LogP contribution >= 0.6 is 0 Å². The van der Waals surface area contributed by atoms with E-state index >= 15 is 0 Å². The minimum Gasteiger partial charge on any atom is -0.481 e. The third-order valence-corrected chi connectivity index (χ3v) is 4.33. The molecule has 1 aliphatic heterocycles. The first-order valence-electron chi connectivity index (χ1n) is 8.23. The highest BCUT2D eigenvalue weighted by atomic mass is 19.4. The molecular weight excluding hydrogens is 355 g/mol. The number of nitrogens with zero attached hydrogens (tertiary/aromatic N) is 3. The second-order valence-corrected chi connectivity index (χ2v) is 6.14. The van der Waals surface area contributed by atoms with Gasteiger partial charge in [0, 0.05) is 38.7 Å². The van der Waals surface area contributed by atoms with Gasteiger partial charge >= 0.3 is 12.1 Å². The van der Waals surface area contributed by atoms with E-state index in [0.29, 0.717) is 38.7 Å². The molecule has 0 aromatic heterocycles. The van der Waals surface area contributed by atoms with E-state index < -0.39 is 28.3 Å². The standard InChI is InChI=1S/C16H20F3N3O4/c17-16(18,19)12-4-5-13(14(11-12)22(25)26)21-9-7-20(8-10-21)6-2-1-3-15(23)24/h4-5,11H,1-3,6-10H2,(H,23,24). The highest BCUT2D eigenvalue weighted by Crippen LogP contribution is 2.36. The Balaban J connectivity index is 1.98. The molecule has 144 valence electrons. The van der Waals surface area contributed by atoms with Crippen LogP contribution in [-0.4, -0.2) is 53.6 Å². The molecule has 2 rings (SSSR count). The second-order valence-electron chi connectivity index (χ2n) is 6.14. The average Bonchev–Trinajstić information content (AvgIpc) is 2.58. The fourth-order valence-electron chi connectivity index (χ4n) is 2.94. The lowest BCUT2D eigenvalue weighted by molar-refractivity contribution is -0.384. The quantitative estimate of drug-likeness (QED) is 0.448. The number of rotatable bonds is 7. The van der Waals surface area contributed by atoms with Gasteiger partial charge in [-0.1, -0.05) is 0 Å². The van der Waals surface area contributed by atoms with Crippen molar-refractivity contribution in [2.75, 3.05) is 37.6 Å². The molecule has 0 bridgehead atoms. The average molecular weight is 375 g/mol. The molecule has 1 N–H and O–H groups in total. The van der Waals surface area contributed by atoms with Crippen LogP contribution in [0.5, 0.6) is 0 Å². The summed E-state index contributed by atoms with van der Waals surface area (Å²) in [4.78, 5) is 24.7. The number of piperazine rings is 1. The zero-order chi connectivity index (χ0) is 19.3. The largest absolute Gasteiger partial charge is 0.481 e. The number of aliphatic carboxylic acids is 1. The summed E-state index contributed by atoms with van der Waals surface area (Å²) in [6.07, 6.45) is -3.18. The monoisotopic (exact) mass is 375 g/mol. The molecule has 7 nitrogen and oxygen atoms in total. The van der Waals surface area contributed by atoms with Crippen LogP contribution in [0.2, 0.25) is 0 Å². The van der Waals surface area contributed by atoms with E-state index in [2.05, 4.69) is 4.90 Å². The Morgan fingerprint density at radius 1 is 1.19 bits per heavy atom. The Morgan fingerprint density at radius 3 is 2.38 bits per heavy atom. The third kappa shape index (κ3) is 5.32. The van der Waals surface area contributed by atoms with Crippen molar-refractivity contribution in [2.24, 2.45) is 0 Å². The molecule has 1 saturated heterocycles. The maximum Gasteiger partial charge on any atom is 0.416 e. The van der Waals surface area contributed by atoms with Crippen molar-refractivity contribution < 1.29 is 28.0 Å². The number of nitro benzene ring substituents is 1. The molecule has 0 radical (unpaired) electrons. The Kier molecular flexibility index (Phi) is 6.41. The van der Waals surface area contributed by atoms with Crippen molar-refractivity contribution in [3.8, 4) is 0 Å². The van der Waals surface area contributed by atoms with Crippen LogP contribution in [0.3, 0.4) is 0 Å². The zero-order valence-corrected chi connectivity index (χ0v) is 14.0. The number of carboxylic acid groups (broad SMARTS) is 1. The van der Waals surface area contributed by atoms with Gasteiger partial charge in [0.05, 0.1) is 10.5 Å². The lowest BCUT2D eigenvalue weighted by Crippen LogP contribution is -2.46. The minimum atomic E-state index is -4.63. The molecule has 0 aliphatic carbocycles. The molecule has 1 fully saturated rings. The van der Waals surface area contributed by atoms with Crippen LogP contribution in [0.1, 0.15) is 24.8 Å². The molecular formula is C16H20F3N3O4. The van der Waals surface area contributed by atoms with Gasteiger partial charge in [0.15, 0.2) is 0 Å². The van der Waals surface area contributed by atoms with Crippen LogP contribution < -0.4 is 4.90 Å². The number of nitro groups is 1. The highest BCUT2D eigenvalue weighted by molar-refractivity contribution is 5.66. The van der Waals surface area contributed by atoms with Gasteiger partial charge < -0.3 is 10.0 Å². The summed E-state index contributed by atoms with van der Waals surface area (Å²) in [5.74, 6) is -0.829. The molecule has 0 unspecified atom stereocenters. The van der Waals surface area contributed by atoms with E-state index in [1.54, 1.807) is 4.90 Å². The Morgan fingerprint density at radius 2 is 1.85 bits per heavy atom. The topological polar surface area (TPSA) is 86.9 Å². The van der Waals surface area contributed by atoms with Gasteiger partial charge in [-0.05, 0) is 31.5 Å². The molecule has 1 aromatic carbocycles. The third-order valence-electron chi connectivity index (χ3n) is 4.33. The van der Waals surface area contributed by atoms with Crippen LogP contribution in [0.25, 0.3) is 0 Å². The number of hydrogen-bond donors (Lipinski definition) is 1. The molecule has 0 saturated carbocycles. The van der Waals surface area contributed by atoms with Gasteiger partial charge in [0.2, 0.25) is 0 Å². The SMILES string of the molecule is O=C(O)CCCCN1CCN(c2ccc(C(F)(F)F)cc2[N+](=O)[O-])CC1. The van der Waals surface area contributed by atoms with E-state index in [0.717, 1.165) is 25.1 Å². The van der Waals surface area contributed by atoms with Crippen molar-refractivity contribution in [1.82, 2.24) is 4.90 Å². The number of alkyl halides is 3. The Bertz CT molecular complexity index is 659. The number of benzene rings is 1. The lowest BCUT2D eigenvalue weighted by atomic mass is 10.1. The van der Waals surface area contributed by atoms with Crippen molar-refractivity contribution in [3.63, 3.8) is 0 Å². The smallest absolute Gasteiger partial charge is 0.416 e. The fourth-order valence-corrected chi connectivity index (χ4v) is 2.94. The molecule has 0 atom stereocenters. The van der Waals surface area contributed by atoms with Gasteiger partial charge in [-0.3, -0.25) is 19.8 Å². The van der Waals surface area contributed by atoms with Crippen molar-refractivity contribution >= 4 is 17.3 Å². The van der Waals surface area contributed by atoms with Gasteiger partial charge in [-0.2, -0.15) is 13.2 Å². The summed E-state index contributed by atoms with van der Waals surface area (Å²) in [7, 11) is 0. The fraction of sp³-hybridized carbons (Fsp3) is 0.562. The minimum absolute atomic E-state index is 0.123. The molecule has 0 amide bonds. The van der Waals surface area contributed by atoms with Crippen molar-refractivity contribution in [3.05, 3.63) is 33.9 Å². The Labute approximate surface area is 148 Å². The van der Waals surface area contributed by atoms with Crippen LogP contribution in [-0.2, 0) is 11.0 Å². The van der Waals surface area contributed by atoms with E-state index in [1.165, 1.54) is 0 Å². The molecule has 1 heterocycles. The first-order valence-corrected chi connectivity index (χ1v) is 8.23. The summed E-state index contributed by atoms with van der Waals surface area (Å²) < 4.78 is 38.3. The molecule has 26 heavy (non-hydrogen) atoms. The molecule has 10 heteroatoms. The van der Waals surface area contributed by atoms with Gasteiger partial charge in [-0.25, -0.2) is 0 Å². The van der Waals surface area contributed by atoms with Crippen LogP contribution in [0.15, 0.2) is 18.2 Å². The second kappa shape index (κ2) is 8.35. The first kappa shape index (κ1) is 20.0. The van der Waals surface area contributed by atoms with E-state index in [4.69, 9.17) is 5.11 Å². The Hall–Kier alpha value is -2.36. The maximum absolute atomic E-state index is 12.8. The number of unbranched alkanes of at least 4 members (excludes halogenated alkanes) is 1. The number of carbonyl (C=O) groups is 1. The number of halogens is 3. The summed E-state index contributed by atoms with van der Waals surface area (Å²) in [5.41, 5.74) is -1.40. The molecule has 1 aromatic rings. The summed E-state index contributed by atoms with van der Waals surface area (Å²) in [6.45, 7) is 2.89. The van der Waals surface area contributed by atoms with E-state index in [9.17, 15) is 28.1 Å². The summed E-state index contributed by atoms with van der Waals surface area (Å²) in [6, 6.07) is 2.59. The number of anilines is 1. The van der Waals surface area contributed by atoms with Crippen molar-refractivity contribution in [2.45, 2.75) is 25.4 Å². The van der Waals surface area contributed by atoms with Crippen LogP contribution in [0.4, 0.5) is 24.5 Å².